The quantitative estimate of drug-likeness (QED) is 0.662. The van der Waals surface area contributed by atoms with Crippen LogP contribution < -0.4 is 0 Å². The van der Waals surface area contributed by atoms with Crippen molar-refractivity contribution in [2.75, 3.05) is 17.3 Å². The average Bonchev–Trinajstić information content (AvgIpc) is 2.01. The van der Waals surface area contributed by atoms with Gasteiger partial charge in [0.05, 0.1) is 23.3 Å². The summed E-state index contributed by atoms with van der Waals surface area (Å²) in [6, 6.07) is 1.87. The molecular formula is C6H7NO3S2. The molecule has 0 aromatic rings. The zero-order chi connectivity index (χ0) is 9.40. The van der Waals surface area contributed by atoms with Gasteiger partial charge in [-0.1, -0.05) is 11.8 Å². The summed E-state index contributed by atoms with van der Waals surface area (Å²) < 4.78 is 0. The standard InChI is InChI=1S/C6H7NO3S2/c7-1-2-11-4-6(10)12-3-5(8)9/h2-4H2,(H,8,9). The van der Waals surface area contributed by atoms with Crippen LogP contribution in [0, 0.1) is 11.3 Å². The summed E-state index contributed by atoms with van der Waals surface area (Å²) >= 11 is 1.95. The smallest absolute Gasteiger partial charge is 0.313 e. The van der Waals surface area contributed by atoms with E-state index in [1.165, 1.54) is 11.8 Å². The summed E-state index contributed by atoms with van der Waals surface area (Å²) in [5, 5.41) is 16.1. The predicted molar refractivity (Wildman–Crippen MR) is 48.0 cm³/mol. The van der Waals surface area contributed by atoms with Gasteiger partial charge in [-0.2, -0.15) is 5.26 Å². The molecule has 0 aliphatic rings. The number of nitrogens with zero attached hydrogens (tertiary/aromatic N) is 1. The van der Waals surface area contributed by atoms with E-state index in [4.69, 9.17) is 10.4 Å². The Kier molecular flexibility index (Phi) is 6.61. The number of aliphatic carboxylic acids is 1. The van der Waals surface area contributed by atoms with E-state index in [1.54, 1.807) is 0 Å². The second-order valence-corrected chi connectivity index (χ2v) is 3.72. The number of hydrogen-bond acceptors (Lipinski definition) is 5. The Morgan fingerprint density at radius 1 is 1.42 bits per heavy atom. The summed E-state index contributed by atoms with van der Waals surface area (Å²) in [4.78, 5) is 20.8. The highest BCUT2D eigenvalue weighted by atomic mass is 32.2. The molecule has 0 aliphatic heterocycles. The minimum absolute atomic E-state index is 0.197. The molecule has 0 fully saturated rings. The molecule has 0 saturated carbocycles. The van der Waals surface area contributed by atoms with Crippen molar-refractivity contribution in [3.05, 3.63) is 0 Å². The number of carbonyl (C=O) groups excluding carboxylic acids is 1. The fraction of sp³-hybridized carbons (Fsp3) is 0.500. The maximum Gasteiger partial charge on any atom is 0.313 e. The predicted octanol–water partition coefficient (Wildman–Crippen LogP) is 0.588. The average molecular weight is 205 g/mol. The summed E-state index contributed by atoms with van der Waals surface area (Å²) in [6.45, 7) is 0. The number of carboxylic acids is 1. The summed E-state index contributed by atoms with van der Waals surface area (Å²) in [5.41, 5.74) is 0. The molecular weight excluding hydrogens is 198 g/mol. The molecule has 6 heteroatoms. The number of carbonyl (C=O) groups is 2. The summed E-state index contributed by atoms with van der Waals surface area (Å²) in [5.74, 6) is -0.741. The molecule has 0 radical (unpaired) electrons. The molecule has 0 heterocycles. The molecule has 1 N–H and O–H groups in total. The van der Waals surface area contributed by atoms with Crippen molar-refractivity contribution >= 4 is 34.6 Å². The Morgan fingerprint density at radius 3 is 2.58 bits per heavy atom. The monoisotopic (exact) mass is 205 g/mol. The van der Waals surface area contributed by atoms with Gasteiger partial charge in [-0.05, 0) is 0 Å². The lowest BCUT2D eigenvalue weighted by molar-refractivity contribution is -0.134. The van der Waals surface area contributed by atoms with E-state index in [0.717, 1.165) is 11.8 Å². The van der Waals surface area contributed by atoms with Crippen LogP contribution in [0.15, 0.2) is 0 Å². The maximum absolute atomic E-state index is 10.8. The van der Waals surface area contributed by atoms with Gasteiger partial charge in [0.1, 0.15) is 0 Å². The lowest BCUT2D eigenvalue weighted by Gasteiger charge is -1.94. The molecule has 0 spiro atoms. The molecule has 0 aliphatic carbocycles. The minimum atomic E-state index is -1.00. The summed E-state index contributed by atoms with van der Waals surface area (Å²) in [6.07, 6.45) is 0. The van der Waals surface area contributed by atoms with Gasteiger partial charge in [0.15, 0.2) is 5.12 Å². The van der Waals surface area contributed by atoms with E-state index in [9.17, 15) is 9.59 Å². The highest BCUT2D eigenvalue weighted by molar-refractivity contribution is 8.16. The number of rotatable bonds is 5. The Balaban J connectivity index is 3.35. The van der Waals surface area contributed by atoms with Crippen molar-refractivity contribution in [2.24, 2.45) is 0 Å². The Labute approximate surface area is 78.3 Å². The fourth-order valence-electron chi connectivity index (χ4n) is 0.364. The molecule has 0 unspecified atom stereocenters. The number of nitriles is 1. The maximum atomic E-state index is 10.8. The van der Waals surface area contributed by atoms with Gasteiger partial charge < -0.3 is 5.11 Å². The third kappa shape index (κ3) is 7.44. The summed E-state index contributed by atoms with van der Waals surface area (Å²) in [7, 11) is 0. The topological polar surface area (TPSA) is 78.2 Å². The van der Waals surface area contributed by atoms with E-state index >= 15 is 0 Å². The van der Waals surface area contributed by atoms with Crippen LogP contribution in [0.5, 0.6) is 0 Å². The first-order valence-electron chi connectivity index (χ1n) is 2.99. The van der Waals surface area contributed by atoms with Crippen molar-refractivity contribution in [3.63, 3.8) is 0 Å². The lowest BCUT2D eigenvalue weighted by Crippen LogP contribution is -2.04. The van der Waals surface area contributed by atoms with Crippen LogP contribution >= 0.6 is 23.5 Å². The molecule has 4 nitrogen and oxygen atoms in total. The highest BCUT2D eigenvalue weighted by Gasteiger charge is 2.05. The molecule has 0 atom stereocenters. The van der Waals surface area contributed by atoms with Crippen LogP contribution in [-0.2, 0) is 9.59 Å². The highest BCUT2D eigenvalue weighted by Crippen LogP contribution is 2.07. The fourth-order valence-corrected chi connectivity index (χ4v) is 1.59. The zero-order valence-electron chi connectivity index (χ0n) is 6.15. The van der Waals surface area contributed by atoms with Crippen LogP contribution in [0.1, 0.15) is 0 Å². The third-order valence-electron chi connectivity index (χ3n) is 0.743. The lowest BCUT2D eigenvalue weighted by atomic mass is 10.8. The first kappa shape index (κ1) is 11.3. The van der Waals surface area contributed by atoms with Gasteiger partial charge in [-0.3, -0.25) is 9.59 Å². The van der Waals surface area contributed by atoms with Gasteiger partial charge in [0, 0.05) is 0 Å². The van der Waals surface area contributed by atoms with E-state index in [2.05, 4.69) is 0 Å². The molecule has 0 bridgehead atoms. The SMILES string of the molecule is N#CCSCC(=O)SCC(=O)O. The number of carboxylic acid groups (broad SMARTS) is 1. The van der Waals surface area contributed by atoms with Crippen LogP contribution in [0.2, 0.25) is 0 Å². The van der Waals surface area contributed by atoms with E-state index in [-0.39, 0.29) is 22.4 Å². The van der Waals surface area contributed by atoms with Crippen LogP contribution in [0.3, 0.4) is 0 Å². The molecule has 0 aromatic heterocycles. The number of thioether (sulfide) groups is 2. The second kappa shape index (κ2) is 7.00. The van der Waals surface area contributed by atoms with Gasteiger partial charge in [0.25, 0.3) is 0 Å². The molecule has 0 rings (SSSR count). The number of hydrogen-bond donors (Lipinski definition) is 1. The van der Waals surface area contributed by atoms with Crippen molar-refractivity contribution in [3.8, 4) is 6.07 Å². The Hall–Kier alpha value is -0.670. The molecule has 66 valence electrons. The van der Waals surface area contributed by atoms with E-state index in [0.29, 0.717) is 0 Å². The van der Waals surface area contributed by atoms with Gasteiger partial charge in [-0.15, -0.1) is 11.8 Å². The van der Waals surface area contributed by atoms with Crippen LogP contribution in [0.4, 0.5) is 0 Å². The van der Waals surface area contributed by atoms with Crippen LogP contribution in [-0.4, -0.2) is 33.4 Å². The molecule has 12 heavy (non-hydrogen) atoms. The van der Waals surface area contributed by atoms with Crippen molar-refractivity contribution in [2.45, 2.75) is 0 Å². The Bertz CT molecular complexity index is 211. The minimum Gasteiger partial charge on any atom is -0.481 e. The normalized spacial score (nSPS) is 8.92. The third-order valence-corrected chi connectivity index (χ3v) is 2.58. The molecule has 0 amide bonds. The van der Waals surface area contributed by atoms with Crippen molar-refractivity contribution in [1.82, 2.24) is 0 Å². The van der Waals surface area contributed by atoms with Gasteiger partial charge in [0.2, 0.25) is 0 Å². The van der Waals surface area contributed by atoms with Gasteiger partial charge in [-0.25, -0.2) is 0 Å². The first-order chi connectivity index (χ1) is 5.66. The molecule has 0 saturated heterocycles. The molecule has 0 aromatic carbocycles. The van der Waals surface area contributed by atoms with Gasteiger partial charge >= 0.3 is 5.97 Å². The first-order valence-corrected chi connectivity index (χ1v) is 5.13. The van der Waals surface area contributed by atoms with Crippen molar-refractivity contribution in [1.29, 1.82) is 5.26 Å². The Morgan fingerprint density at radius 2 is 2.08 bits per heavy atom. The van der Waals surface area contributed by atoms with E-state index in [1.807, 2.05) is 6.07 Å². The van der Waals surface area contributed by atoms with Crippen LogP contribution in [0.25, 0.3) is 0 Å². The van der Waals surface area contributed by atoms with E-state index < -0.39 is 5.97 Å². The second-order valence-electron chi connectivity index (χ2n) is 1.71. The zero-order valence-corrected chi connectivity index (χ0v) is 7.78. The van der Waals surface area contributed by atoms with Crippen molar-refractivity contribution < 1.29 is 14.7 Å². The largest absolute Gasteiger partial charge is 0.481 e.